The molecule has 5 nitrogen and oxygen atoms in total. The van der Waals surface area contributed by atoms with Gasteiger partial charge < -0.3 is 19.1 Å². The Morgan fingerprint density at radius 1 is 0.750 bits per heavy atom. The third-order valence-electron chi connectivity index (χ3n) is 8.63. The molecule has 242 valence electrons. The minimum atomic E-state index is -0.278. The van der Waals surface area contributed by atoms with Gasteiger partial charge in [0.05, 0.1) is 0 Å². The molecule has 2 aromatic heterocycles. The summed E-state index contributed by atoms with van der Waals surface area (Å²) < 4.78 is 23.0. The van der Waals surface area contributed by atoms with Gasteiger partial charge in [-0.2, -0.15) is 11.6 Å². The molecule has 0 amide bonds. The van der Waals surface area contributed by atoms with E-state index in [-0.39, 0.29) is 26.9 Å². The number of hydrogen-bond acceptors (Lipinski definition) is 4. The average Bonchev–Trinajstić information content (AvgIpc) is 3.65. The van der Waals surface area contributed by atoms with E-state index >= 15 is 0 Å². The number of pyridine rings is 1. The van der Waals surface area contributed by atoms with Crippen LogP contribution in [0.5, 0.6) is 11.5 Å². The van der Waals surface area contributed by atoms with Gasteiger partial charge in [0, 0.05) is 61.3 Å². The number of aryl methyl sites for hydroxylation is 2. The van der Waals surface area contributed by atoms with Crippen molar-refractivity contribution in [3.63, 3.8) is 0 Å². The Kier molecular flexibility index (Phi) is 8.76. The second-order valence-electron chi connectivity index (χ2n) is 11.7. The Bertz CT molecular complexity index is 2260. The molecule has 0 saturated heterocycles. The van der Waals surface area contributed by atoms with Gasteiger partial charge in [-0.25, -0.2) is 9.37 Å². The summed E-state index contributed by atoms with van der Waals surface area (Å²) >= 11 is 0. The van der Waals surface area contributed by atoms with E-state index in [9.17, 15) is 4.39 Å². The Hall–Kier alpha value is -4.93. The molecule has 48 heavy (non-hydrogen) atoms. The van der Waals surface area contributed by atoms with E-state index in [0.717, 1.165) is 75.2 Å². The fourth-order valence-corrected chi connectivity index (χ4v) is 6.43. The first-order chi connectivity index (χ1) is 23.1. The van der Waals surface area contributed by atoms with Crippen LogP contribution in [0.15, 0.2) is 115 Å². The largest absolute Gasteiger partial charge is 0.509 e. The summed E-state index contributed by atoms with van der Waals surface area (Å²) in [6, 6.07) is 42.7. The summed E-state index contributed by atoms with van der Waals surface area (Å²) in [6.07, 6.45) is 4.67. The van der Waals surface area contributed by atoms with Crippen molar-refractivity contribution in [2.75, 3.05) is 9.80 Å². The van der Waals surface area contributed by atoms with Gasteiger partial charge in [-0.05, 0) is 65.9 Å². The molecule has 0 bridgehead atoms. The fourth-order valence-electron chi connectivity index (χ4n) is 6.43. The molecule has 0 fully saturated rings. The zero-order valence-corrected chi connectivity index (χ0v) is 28.8. The van der Waals surface area contributed by atoms with Gasteiger partial charge >= 0.3 is 0 Å². The summed E-state index contributed by atoms with van der Waals surface area (Å²) in [5, 5.41) is 2.22. The Morgan fingerprint density at radius 2 is 1.56 bits per heavy atom. The first kappa shape index (κ1) is 31.7. The quantitative estimate of drug-likeness (QED) is 0.143. The van der Waals surface area contributed by atoms with E-state index in [1.165, 1.54) is 11.6 Å². The van der Waals surface area contributed by atoms with E-state index in [4.69, 9.17) is 9.72 Å². The molecular weight excluding hydrogens is 779 g/mol. The SMILES string of the molecule is CCCc1cc(Oc2[c-]c3c(cc2)c2ccccc2n3-c2cc(CC)ccn2)[c-]c(N2[CH-]N(c3cccc(F)c3)c3ccccc32)c1.[Pt]. The van der Waals surface area contributed by atoms with Crippen molar-refractivity contribution >= 4 is 44.6 Å². The third kappa shape index (κ3) is 5.75. The Balaban J connectivity index is 0.00000364. The van der Waals surface area contributed by atoms with Crippen molar-refractivity contribution in [2.45, 2.75) is 33.1 Å². The minimum Gasteiger partial charge on any atom is -0.509 e. The van der Waals surface area contributed by atoms with E-state index in [0.29, 0.717) is 11.5 Å². The molecule has 1 aliphatic heterocycles. The number of benzene rings is 5. The molecular formula is C41H32FN4OPt-3. The number of aromatic nitrogens is 2. The minimum absolute atomic E-state index is 0. The predicted molar refractivity (Wildman–Crippen MR) is 188 cm³/mol. The van der Waals surface area contributed by atoms with Crippen molar-refractivity contribution < 1.29 is 30.2 Å². The standard InChI is InChI=1S/C41H32FN4O.Pt/c1-3-10-29-21-32(45-27-44(31-12-9-11-30(42)24-31)38-15-7-8-16-39(38)45)25-34(22-29)47-33-17-18-36-35-13-5-6-14-37(35)46(40(36)26-33)41-23-28(4-2)19-20-43-41;/h5-9,11-24,27H,3-4,10H2,1-2H3;/q-3;. The van der Waals surface area contributed by atoms with Crippen LogP contribution in [0.3, 0.4) is 0 Å². The molecule has 0 N–H and O–H groups in total. The van der Waals surface area contributed by atoms with Crippen molar-refractivity contribution in [3.8, 4) is 17.3 Å². The van der Waals surface area contributed by atoms with Gasteiger partial charge in [-0.1, -0.05) is 68.6 Å². The van der Waals surface area contributed by atoms with Crippen molar-refractivity contribution in [3.05, 3.63) is 151 Å². The zero-order chi connectivity index (χ0) is 31.9. The maximum absolute atomic E-state index is 14.2. The molecule has 7 heteroatoms. The number of halogens is 1. The van der Waals surface area contributed by atoms with E-state index < -0.39 is 0 Å². The van der Waals surface area contributed by atoms with E-state index in [1.54, 1.807) is 12.1 Å². The maximum atomic E-state index is 14.2. The van der Waals surface area contributed by atoms with Crippen LogP contribution in [0.2, 0.25) is 0 Å². The van der Waals surface area contributed by atoms with Gasteiger partial charge in [0.1, 0.15) is 11.6 Å². The zero-order valence-electron chi connectivity index (χ0n) is 26.6. The van der Waals surface area contributed by atoms with Crippen LogP contribution in [0.4, 0.5) is 27.1 Å². The molecule has 0 saturated carbocycles. The number of hydrogen-bond donors (Lipinski definition) is 0. The molecule has 8 rings (SSSR count). The predicted octanol–water partition coefficient (Wildman–Crippen LogP) is 10.6. The second-order valence-corrected chi connectivity index (χ2v) is 11.7. The average molecular weight is 811 g/mol. The number of ether oxygens (including phenoxy) is 1. The molecule has 0 atom stereocenters. The second kappa shape index (κ2) is 13.3. The Labute approximate surface area is 294 Å². The molecule has 7 aromatic rings. The van der Waals surface area contributed by atoms with Crippen LogP contribution in [-0.4, -0.2) is 9.55 Å². The van der Waals surface area contributed by atoms with Crippen LogP contribution >= 0.6 is 0 Å². The Morgan fingerprint density at radius 3 is 2.38 bits per heavy atom. The summed E-state index contributed by atoms with van der Waals surface area (Å²) in [4.78, 5) is 8.83. The molecule has 0 unspecified atom stereocenters. The smallest absolute Gasteiger partial charge is 0.135 e. The van der Waals surface area contributed by atoms with Crippen molar-refractivity contribution in [2.24, 2.45) is 0 Å². The van der Waals surface area contributed by atoms with Crippen LogP contribution in [0.1, 0.15) is 31.4 Å². The van der Waals surface area contributed by atoms with E-state index in [2.05, 4.69) is 96.1 Å². The van der Waals surface area contributed by atoms with E-state index in [1.807, 2.05) is 48.1 Å². The summed E-state index contributed by atoms with van der Waals surface area (Å²) in [5.74, 6) is 1.77. The maximum Gasteiger partial charge on any atom is 0.135 e. The monoisotopic (exact) mass is 810 g/mol. The normalized spacial score (nSPS) is 12.4. The number of anilines is 4. The summed E-state index contributed by atoms with van der Waals surface area (Å²) in [5.41, 5.74) is 7.87. The molecule has 1 aliphatic rings. The van der Waals surface area contributed by atoms with Gasteiger partial charge in [-0.15, -0.1) is 48.1 Å². The topological polar surface area (TPSA) is 33.5 Å². The molecule has 0 spiro atoms. The fraction of sp³-hybridized carbons (Fsp3) is 0.122. The number of fused-ring (bicyclic) bond motifs is 4. The van der Waals surface area contributed by atoms with Crippen molar-refractivity contribution in [1.82, 2.24) is 9.55 Å². The number of rotatable bonds is 8. The first-order valence-corrected chi connectivity index (χ1v) is 16.0. The first-order valence-electron chi connectivity index (χ1n) is 16.0. The molecule has 0 aliphatic carbocycles. The van der Waals surface area contributed by atoms with Gasteiger partial charge in [0.2, 0.25) is 0 Å². The van der Waals surface area contributed by atoms with Crippen LogP contribution in [-0.2, 0) is 33.9 Å². The van der Waals surface area contributed by atoms with Crippen LogP contribution in [0.25, 0.3) is 27.6 Å². The van der Waals surface area contributed by atoms with Crippen molar-refractivity contribution in [1.29, 1.82) is 0 Å². The number of para-hydroxylation sites is 3. The molecule has 3 heterocycles. The summed E-state index contributed by atoms with van der Waals surface area (Å²) in [7, 11) is 0. The molecule has 0 radical (unpaired) electrons. The van der Waals surface area contributed by atoms with Crippen LogP contribution < -0.4 is 14.5 Å². The van der Waals surface area contributed by atoms with Gasteiger partial charge in [-0.3, -0.25) is 0 Å². The molecule has 5 aromatic carbocycles. The van der Waals surface area contributed by atoms with Gasteiger partial charge in [0.15, 0.2) is 0 Å². The third-order valence-corrected chi connectivity index (χ3v) is 8.63. The number of nitrogens with zero attached hydrogens (tertiary/aromatic N) is 4. The summed E-state index contributed by atoms with van der Waals surface area (Å²) in [6.45, 7) is 6.30. The van der Waals surface area contributed by atoms with Crippen LogP contribution in [0, 0.1) is 24.6 Å². The van der Waals surface area contributed by atoms with Gasteiger partial charge in [0.25, 0.3) is 0 Å².